The Morgan fingerprint density at radius 2 is 1.58 bits per heavy atom. The van der Waals surface area contributed by atoms with E-state index in [1.165, 1.54) is 12.5 Å². The average molecular weight is 407 g/mol. The second kappa shape index (κ2) is 7.72. The average Bonchev–Trinajstić information content (AvgIpc) is 3.25. The molecule has 1 amide bonds. The molecule has 2 aromatic heterocycles. The van der Waals surface area contributed by atoms with Gasteiger partial charge in [-0.1, -0.05) is 54.6 Å². The normalized spacial score (nSPS) is 10.8. The summed E-state index contributed by atoms with van der Waals surface area (Å²) in [4.78, 5) is 31.6. The number of aromatic amines is 1. The summed E-state index contributed by atoms with van der Waals surface area (Å²) < 4.78 is 1.54. The summed E-state index contributed by atoms with van der Waals surface area (Å²) >= 11 is 0. The molecule has 0 aliphatic carbocycles. The Kier molecular flexibility index (Phi) is 4.61. The number of hydrogen-bond acceptors (Lipinski definition) is 4. The third-order valence-electron chi connectivity index (χ3n) is 5.01. The van der Waals surface area contributed by atoms with Gasteiger partial charge in [0.05, 0.1) is 23.9 Å². The molecule has 0 saturated heterocycles. The van der Waals surface area contributed by atoms with E-state index < -0.39 is 0 Å². The van der Waals surface area contributed by atoms with Gasteiger partial charge in [0.15, 0.2) is 5.65 Å². The smallest absolute Gasteiger partial charge is 0.261 e. The van der Waals surface area contributed by atoms with Crippen LogP contribution in [0.25, 0.3) is 27.8 Å². The molecule has 0 aliphatic heterocycles. The molecule has 7 heteroatoms. The van der Waals surface area contributed by atoms with Gasteiger partial charge in [0.25, 0.3) is 11.5 Å². The lowest BCUT2D eigenvalue weighted by Crippen LogP contribution is -2.14. The molecule has 0 radical (unpaired) electrons. The molecule has 0 aliphatic rings. The lowest BCUT2D eigenvalue weighted by Gasteiger charge is -2.12. The molecule has 2 N–H and O–H groups in total. The van der Waals surface area contributed by atoms with Crippen molar-refractivity contribution in [2.24, 2.45) is 0 Å². The lowest BCUT2D eigenvalue weighted by atomic mass is 10.0. The predicted molar refractivity (Wildman–Crippen MR) is 119 cm³/mol. The largest absolute Gasteiger partial charge is 0.320 e. The third-order valence-corrected chi connectivity index (χ3v) is 5.01. The topological polar surface area (TPSA) is 92.7 Å². The fourth-order valence-corrected chi connectivity index (χ4v) is 3.44. The van der Waals surface area contributed by atoms with Gasteiger partial charge in [0, 0.05) is 5.56 Å². The van der Waals surface area contributed by atoms with Gasteiger partial charge in [0.1, 0.15) is 5.39 Å². The summed E-state index contributed by atoms with van der Waals surface area (Å²) in [6.45, 7) is 0. The zero-order chi connectivity index (χ0) is 21.2. The lowest BCUT2D eigenvalue weighted by molar-refractivity contribution is 0.102. The van der Waals surface area contributed by atoms with Crippen molar-refractivity contribution in [3.8, 4) is 16.8 Å². The Bertz CT molecular complexity index is 1440. The van der Waals surface area contributed by atoms with E-state index in [1.807, 2.05) is 60.7 Å². The Labute approximate surface area is 177 Å². The van der Waals surface area contributed by atoms with Gasteiger partial charge in [0.2, 0.25) is 0 Å². The molecule has 0 fully saturated rings. The number of nitrogens with one attached hydrogen (secondary N) is 2. The number of aromatic nitrogens is 4. The molecule has 31 heavy (non-hydrogen) atoms. The number of fused-ring (bicyclic) bond motifs is 1. The molecular formula is C24H17N5O2. The van der Waals surface area contributed by atoms with Crippen molar-refractivity contribution >= 4 is 22.6 Å². The molecule has 7 nitrogen and oxygen atoms in total. The number of amides is 1. The number of carbonyl (C=O) groups excluding carboxylic acids is 1. The fourth-order valence-electron chi connectivity index (χ4n) is 3.44. The summed E-state index contributed by atoms with van der Waals surface area (Å²) in [6.07, 6.45) is 2.79. The number of para-hydroxylation sites is 2. The zero-order valence-electron chi connectivity index (χ0n) is 16.3. The summed E-state index contributed by atoms with van der Waals surface area (Å²) in [5, 5.41) is 7.61. The van der Waals surface area contributed by atoms with E-state index in [-0.39, 0.29) is 11.5 Å². The van der Waals surface area contributed by atoms with Crippen molar-refractivity contribution in [1.82, 2.24) is 19.7 Å². The van der Waals surface area contributed by atoms with Crippen LogP contribution >= 0.6 is 0 Å². The van der Waals surface area contributed by atoms with E-state index in [2.05, 4.69) is 20.4 Å². The van der Waals surface area contributed by atoms with Crippen LogP contribution in [0.2, 0.25) is 0 Å². The second-order valence-corrected chi connectivity index (χ2v) is 6.94. The molecule has 3 aromatic carbocycles. The van der Waals surface area contributed by atoms with Crippen LogP contribution in [0.4, 0.5) is 5.69 Å². The van der Waals surface area contributed by atoms with Crippen molar-refractivity contribution in [3.05, 3.63) is 107 Å². The van der Waals surface area contributed by atoms with Crippen molar-refractivity contribution in [3.63, 3.8) is 0 Å². The highest BCUT2D eigenvalue weighted by Gasteiger charge is 2.14. The minimum Gasteiger partial charge on any atom is -0.320 e. The van der Waals surface area contributed by atoms with Gasteiger partial charge in [-0.2, -0.15) is 5.10 Å². The Morgan fingerprint density at radius 3 is 2.39 bits per heavy atom. The van der Waals surface area contributed by atoms with Crippen LogP contribution in [-0.2, 0) is 0 Å². The fraction of sp³-hybridized carbons (Fsp3) is 0. The van der Waals surface area contributed by atoms with Gasteiger partial charge in [-0.3, -0.25) is 9.59 Å². The van der Waals surface area contributed by atoms with E-state index in [0.717, 1.165) is 11.1 Å². The summed E-state index contributed by atoms with van der Waals surface area (Å²) in [5.41, 5.74) is 3.99. The number of hydrogen-bond donors (Lipinski definition) is 2. The number of benzene rings is 3. The molecule has 0 saturated carbocycles. The van der Waals surface area contributed by atoms with Gasteiger partial charge >= 0.3 is 0 Å². The van der Waals surface area contributed by atoms with Gasteiger partial charge in [-0.15, -0.1) is 0 Å². The molecule has 0 atom stereocenters. The van der Waals surface area contributed by atoms with Crippen molar-refractivity contribution < 1.29 is 4.79 Å². The molecule has 0 spiro atoms. The summed E-state index contributed by atoms with van der Waals surface area (Å²) in [5.74, 6) is -0.241. The zero-order valence-corrected chi connectivity index (χ0v) is 16.3. The van der Waals surface area contributed by atoms with E-state index >= 15 is 0 Å². The van der Waals surface area contributed by atoms with Crippen LogP contribution in [0.15, 0.2) is 96.2 Å². The molecule has 0 bridgehead atoms. The van der Waals surface area contributed by atoms with Crippen molar-refractivity contribution in [1.29, 1.82) is 0 Å². The first-order valence-corrected chi connectivity index (χ1v) is 9.68. The maximum atomic E-state index is 12.9. The first-order valence-electron chi connectivity index (χ1n) is 9.68. The predicted octanol–water partition coefficient (Wildman–Crippen LogP) is 4.03. The standard InChI is InChI=1S/C24H17N5O2/c30-23(18-12-10-17(11-13-18)16-6-2-1-3-7-16)28-20-8-4-5-9-21(20)29-22-19(14-27-29)24(31)26-15-25-22/h1-15H,(H,28,30)(H,25,26,31). The highest BCUT2D eigenvalue weighted by molar-refractivity contribution is 6.05. The third kappa shape index (κ3) is 3.49. The summed E-state index contributed by atoms with van der Waals surface area (Å²) in [6, 6.07) is 24.7. The molecule has 0 unspecified atom stereocenters. The monoisotopic (exact) mass is 407 g/mol. The quantitative estimate of drug-likeness (QED) is 0.470. The summed E-state index contributed by atoms with van der Waals surface area (Å²) in [7, 11) is 0. The van der Waals surface area contributed by atoms with E-state index in [9.17, 15) is 9.59 Å². The van der Waals surface area contributed by atoms with Crippen LogP contribution in [0.5, 0.6) is 0 Å². The van der Waals surface area contributed by atoms with Gasteiger partial charge in [-0.05, 0) is 35.4 Å². The first kappa shape index (κ1) is 18.5. The van der Waals surface area contributed by atoms with Crippen LogP contribution in [0, 0.1) is 0 Å². The van der Waals surface area contributed by atoms with Crippen molar-refractivity contribution in [2.75, 3.05) is 5.32 Å². The van der Waals surface area contributed by atoms with Crippen LogP contribution in [0.1, 0.15) is 10.4 Å². The van der Waals surface area contributed by atoms with Crippen molar-refractivity contribution in [2.45, 2.75) is 0 Å². The first-order chi connectivity index (χ1) is 15.2. The number of nitrogens with zero attached hydrogens (tertiary/aromatic N) is 3. The van der Waals surface area contributed by atoms with Gasteiger partial charge in [-0.25, -0.2) is 9.67 Å². The minimum absolute atomic E-state index is 0.241. The molecule has 5 rings (SSSR count). The van der Waals surface area contributed by atoms with E-state index in [4.69, 9.17) is 0 Å². The molecule has 150 valence electrons. The highest BCUT2D eigenvalue weighted by atomic mass is 16.1. The number of anilines is 1. The number of carbonyl (C=O) groups is 1. The molecule has 2 heterocycles. The Morgan fingerprint density at radius 1 is 0.871 bits per heavy atom. The van der Waals surface area contributed by atoms with Gasteiger partial charge < -0.3 is 10.3 Å². The van der Waals surface area contributed by atoms with E-state index in [0.29, 0.717) is 28.0 Å². The van der Waals surface area contributed by atoms with E-state index in [1.54, 1.807) is 22.9 Å². The van der Waals surface area contributed by atoms with Crippen LogP contribution < -0.4 is 10.9 Å². The Hall–Kier alpha value is -4.52. The highest BCUT2D eigenvalue weighted by Crippen LogP contribution is 2.24. The molecule has 5 aromatic rings. The Balaban J connectivity index is 1.45. The second-order valence-electron chi connectivity index (χ2n) is 6.94. The molecular weight excluding hydrogens is 390 g/mol. The number of H-pyrrole nitrogens is 1. The SMILES string of the molecule is O=C(Nc1ccccc1-n1ncc2c(=O)[nH]cnc21)c1ccc(-c2ccccc2)cc1. The number of rotatable bonds is 4. The van der Waals surface area contributed by atoms with Crippen LogP contribution in [-0.4, -0.2) is 25.7 Å². The minimum atomic E-state index is -0.267. The maximum Gasteiger partial charge on any atom is 0.261 e. The van der Waals surface area contributed by atoms with Crippen LogP contribution in [0.3, 0.4) is 0 Å². The maximum absolute atomic E-state index is 12.9.